The summed E-state index contributed by atoms with van der Waals surface area (Å²) in [6.07, 6.45) is 1.52. The Morgan fingerprint density at radius 1 is 1.06 bits per heavy atom. The molecule has 9 heteroatoms. The van der Waals surface area contributed by atoms with Gasteiger partial charge in [0.2, 0.25) is 0 Å². The maximum Gasteiger partial charge on any atom is 0.337 e. The number of aromatic nitrogens is 1. The average molecular weight is 480 g/mol. The van der Waals surface area contributed by atoms with Gasteiger partial charge in [-0.2, -0.15) is 0 Å². The van der Waals surface area contributed by atoms with Crippen molar-refractivity contribution in [3.8, 4) is 5.69 Å². The molecule has 33 heavy (non-hydrogen) atoms. The third-order valence-corrected chi connectivity index (χ3v) is 5.94. The average Bonchev–Trinajstić information content (AvgIpc) is 3.05. The molecule has 0 unspecified atom stereocenters. The van der Waals surface area contributed by atoms with Crippen molar-refractivity contribution in [3.05, 3.63) is 87.7 Å². The minimum absolute atomic E-state index is 0.0150. The topological polar surface area (TPSA) is 91.6 Å². The van der Waals surface area contributed by atoms with Crippen molar-refractivity contribution in [2.45, 2.75) is 13.8 Å². The van der Waals surface area contributed by atoms with E-state index in [1.807, 2.05) is 30.5 Å². The first-order valence-corrected chi connectivity index (χ1v) is 10.7. The molecule has 0 spiro atoms. The van der Waals surface area contributed by atoms with E-state index in [0.717, 1.165) is 11.4 Å². The monoisotopic (exact) mass is 479 g/mol. The predicted molar refractivity (Wildman–Crippen MR) is 130 cm³/mol. The second-order valence-corrected chi connectivity index (χ2v) is 8.22. The molecule has 3 aromatic rings. The van der Waals surface area contributed by atoms with Gasteiger partial charge in [-0.15, -0.1) is 0 Å². The smallest absolute Gasteiger partial charge is 0.337 e. The number of carboxylic acids is 1. The highest BCUT2D eigenvalue weighted by Crippen LogP contribution is 2.28. The highest BCUT2D eigenvalue weighted by atomic mass is 35.5. The summed E-state index contributed by atoms with van der Waals surface area (Å²) in [4.78, 5) is 38.6. The summed E-state index contributed by atoms with van der Waals surface area (Å²) in [5.41, 5.74) is 3.22. The number of thiocarbonyl (C=S) groups is 1. The van der Waals surface area contributed by atoms with Crippen LogP contribution in [0.5, 0.6) is 0 Å². The van der Waals surface area contributed by atoms with Crippen molar-refractivity contribution < 1.29 is 19.5 Å². The van der Waals surface area contributed by atoms with Gasteiger partial charge in [-0.25, -0.2) is 4.79 Å². The van der Waals surface area contributed by atoms with Gasteiger partial charge in [-0.05, 0) is 74.1 Å². The number of carbonyl (C=O) groups is 3. The molecule has 4 rings (SSSR count). The number of rotatable bonds is 4. The normalized spacial score (nSPS) is 15.2. The van der Waals surface area contributed by atoms with Gasteiger partial charge in [0.15, 0.2) is 5.11 Å². The van der Waals surface area contributed by atoms with E-state index < -0.39 is 17.8 Å². The number of hydrogen-bond acceptors (Lipinski definition) is 4. The summed E-state index contributed by atoms with van der Waals surface area (Å²) in [5.74, 6) is -2.24. The van der Waals surface area contributed by atoms with E-state index in [0.29, 0.717) is 16.9 Å². The molecule has 166 valence electrons. The van der Waals surface area contributed by atoms with Crippen molar-refractivity contribution in [2.24, 2.45) is 0 Å². The first kappa shape index (κ1) is 22.4. The van der Waals surface area contributed by atoms with E-state index in [1.54, 1.807) is 30.3 Å². The van der Waals surface area contributed by atoms with Crippen molar-refractivity contribution in [2.75, 3.05) is 4.90 Å². The molecule has 0 radical (unpaired) electrons. The Morgan fingerprint density at radius 3 is 2.42 bits per heavy atom. The summed E-state index contributed by atoms with van der Waals surface area (Å²) in [6, 6.07) is 15.3. The minimum Gasteiger partial charge on any atom is -0.478 e. The number of carboxylic acid groups (broad SMARTS) is 1. The number of nitrogens with one attached hydrogen (secondary N) is 1. The predicted octanol–water partition coefficient (Wildman–Crippen LogP) is 4.28. The lowest BCUT2D eigenvalue weighted by atomic mass is 10.1. The zero-order valence-electron chi connectivity index (χ0n) is 17.6. The minimum atomic E-state index is -1.13. The third-order valence-electron chi connectivity index (χ3n) is 5.32. The number of nitrogens with zero attached hydrogens (tertiary/aromatic N) is 2. The number of para-hydroxylation sites is 1. The molecule has 2 amide bonds. The van der Waals surface area contributed by atoms with E-state index >= 15 is 0 Å². The van der Waals surface area contributed by atoms with Gasteiger partial charge < -0.3 is 9.67 Å². The number of anilines is 1. The first-order valence-electron chi connectivity index (χ1n) is 9.87. The molecule has 0 bridgehead atoms. The lowest BCUT2D eigenvalue weighted by Gasteiger charge is -2.28. The molecule has 1 saturated heterocycles. The quantitative estimate of drug-likeness (QED) is 0.331. The van der Waals surface area contributed by atoms with E-state index in [9.17, 15) is 19.5 Å². The van der Waals surface area contributed by atoms with Crippen LogP contribution in [0.25, 0.3) is 11.8 Å². The van der Waals surface area contributed by atoms with Crippen LogP contribution in [0.4, 0.5) is 5.69 Å². The Morgan fingerprint density at radius 2 is 1.76 bits per heavy atom. The molecule has 1 aromatic heterocycles. The molecule has 0 saturated carbocycles. The van der Waals surface area contributed by atoms with Crippen LogP contribution in [-0.4, -0.2) is 32.6 Å². The van der Waals surface area contributed by atoms with Crippen molar-refractivity contribution in [1.29, 1.82) is 0 Å². The molecule has 2 aromatic carbocycles. The second-order valence-electron chi connectivity index (χ2n) is 7.42. The van der Waals surface area contributed by atoms with Crippen LogP contribution in [0.15, 0.2) is 60.2 Å². The Labute approximate surface area is 199 Å². The lowest BCUT2D eigenvalue weighted by Crippen LogP contribution is -2.54. The number of halogens is 1. The molecule has 1 aliphatic heterocycles. The number of carbonyl (C=O) groups excluding carboxylic acids is 2. The van der Waals surface area contributed by atoms with Gasteiger partial charge in [-0.1, -0.05) is 29.8 Å². The third kappa shape index (κ3) is 4.06. The Bertz CT molecular complexity index is 1360. The van der Waals surface area contributed by atoms with E-state index in [1.165, 1.54) is 23.1 Å². The fourth-order valence-corrected chi connectivity index (χ4v) is 4.25. The highest BCUT2D eigenvalue weighted by molar-refractivity contribution is 7.80. The summed E-state index contributed by atoms with van der Waals surface area (Å²) in [5, 5.41) is 12.1. The van der Waals surface area contributed by atoms with Crippen LogP contribution < -0.4 is 10.2 Å². The van der Waals surface area contributed by atoms with Crippen LogP contribution in [0, 0.1) is 13.8 Å². The SMILES string of the molecule is Cc1cc(/C=C2\C(=O)NC(=S)N(c3ccccc3)C2=O)c(C)n1-c1ccc(Cl)c(C(=O)O)c1. The zero-order valence-corrected chi connectivity index (χ0v) is 19.2. The van der Waals surface area contributed by atoms with Crippen molar-refractivity contribution >= 4 is 58.5 Å². The fraction of sp³-hybridized carbons (Fsp3) is 0.0833. The molecule has 2 heterocycles. The highest BCUT2D eigenvalue weighted by Gasteiger charge is 2.34. The fourth-order valence-electron chi connectivity index (χ4n) is 3.77. The second kappa shape index (κ2) is 8.65. The molecule has 2 N–H and O–H groups in total. The van der Waals surface area contributed by atoms with Crippen LogP contribution in [-0.2, 0) is 9.59 Å². The van der Waals surface area contributed by atoms with Gasteiger partial charge in [0.25, 0.3) is 11.8 Å². The maximum atomic E-state index is 13.2. The summed E-state index contributed by atoms with van der Waals surface area (Å²) < 4.78 is 1.83. The summed E-state index contributed by atoms with van der Waals surface area (Å²) in [6.45, 7) is 3.66. The molecular formula is C24H18ClN3O4S. The molecule has 0 atom stereocenters. The van der Waals surface area contributed by atoms with Crippen LogP contribution in [0.1, 0.15) is 27.3 Å². The van der Waals surface area contributed by atoms with Gasteiger partial charge in [0.1, 0.15) is 5.57 Å². The Hall–Kier alpha value is -3.75. The molecule has 1 fully saturated rings. The molecule has 0 aliphatic carbocycles. The maximum absolute atomic E-state index is 13.2. The zero-order chi connectivity index (χ0) is 23.9. The Balaban J connectivity index is 1.78. The summed E-state index contributed by atoms with van der Waals surface area (Å²) >= 11 is 11.2. The van der Waals surface area contributed by atoms with Gasteiger partial charge in [0, 0.05) is 17.1 Å². The lowest BCUT2D eigenvalue weighted by molar-refractivity contribution is -0.122. The van der Waals surface area contributed by atoms with E-state index in [4.69, 9.17) is 23.8 Å². The van der Waals surface area contributed by atoms with E-state index in [2.05, 4.69) is 5.32 Å². The number of benzene rings is 2. The van der Waals surface area contributed by atoms with Crippen LogP contribution in [0.3, 0.4) is 0 Å². The molecule has 1 aliphatic rings. The molecule has 7 nitrogen and oxygen atoms in total. The number of aromatic carboxylic acids is 1. The number of hydrogen-bond donors (Lipinski definition) is 2. The van der Waals surface area contributed by atoms with Crippen molar-refractivity contribution in [1.82, 2.24) is 9.88 Å². The number of aryl methyl sites for hydroxylation is 1. The van der Waals surface area contributed by atoms with Gasteiger partial charge in [0.05, 0.1) is 16.3 Å². The number of amides is 2. The van der Waals surface area contributed by atoms with Gasteiger partial charge >= 0.3 is 5.97 Å². The first-order chi connectivity index (χ1) is 15.7. The van der Waals surface area contributed by atoms with Gasteiger partial charge in [-0.3, -0.25) is 19.8 Å². The van der Waals surface area contributed by atoms with E-state index in [-0.39, 0.29) is 21.3 Å². The Kier molecular flexibility index (Phi) is 5.88. The van der Waals surface area contributed by atoms with Crippen LogP contribution >= 0.6 is 23.8 Å². The largest absolute Gasteiger partial charge is 0.478 e. The summed E-state index contributed by atoms with van der Waals surface area (Å²) in [7, 11) is 0. The van der Waals surface area contributed by atoms with Crippen LogP contribution in [0.2, 0.25) is 5.02 Å². The molecular weight excluding hydrogens is 462 g/mol. The standard InChI is InChI=1S/C24H18ClN3O4S/c1-13-10-15(14(2)27(13)17-8-9-20(25)18(12-17)23(31)32)11-19-21(29)26-24(33)28(22(19)30)16-6-4-3-5-7-16/h3-12H,1-2H3,(H,31,32)(H,26,29,33)/b19-11+. The van der Waals surface area contributed by atoms with Crippen molar-refractivity contribution in [3.63, 3.8) is 0 Å².